The predicted octanol–water partition coefficient (Wildman–Crippen LogP) is 1.80. The van der Waals surface area contributed by atoms with Gasteiger partial charge in [-0.1, -0.05) is 13.8 Å². The highest BCUT2D eigenvalue weighted by Gasteiger charge is 2.42. The Hall–Kier alpha value is -0.820. The van der Waals surface area contributed by atoms with E-state index >= 15 is 0 Å². The van der Waals surface area contributed by atoms with Crippen LogP contribution in [0.25, 0.3) is 0 Å². The van der Waals surface area contributed by atoms with Crippen molar-refractivity contribution in [3.63, 3.8) is 0 Å². The molecule has 0 aromatic heterocycles. The molecule has 2 unspecified atom stereocenters. The Labute approximate surface area is 117 Å². The molecule has 0 aromatic carbocycles. The summed E-state index contributed by atoms with van der Waals surface area (Å²) in [6, 6.07) is -0.533. The lowest BCUT2D eigenvalue weighted by atomic mass is 9.97. The summed E-state index contributed by atoms with van der Waals surface area (Å²) in [6.07, 6.45) is -3.49. The number of piperidine rings is 1. The molecule has 1 aliphatic rings. The lowest BCUT2D eigenvalue weighted by Gasteiger charge is -2.35. The van der Waals surface area contributed by atoms with Crippen molar-refractivity contribution in [3.8, 4) is 0 Å². The summed E-state index contributed by atoms with van der Waals surface area (Å²) >= 11 is 0. The normalized spacial score (nSPS) is 22.9. The molecule has 0 aromatic rings. The van der Waals surface area contributed by atoms with Crippen LogP contribution in [0.2, 0.25) is 0 Å². The van der Waals surface area contributed by atoms with Gasteiger partial charge in [-0.25, -0.2) is 0 Å². The van der Waals surface area contributed by atoms with E-state index in [-0.39, 0.29) is 25.6 Å². The van der Waals surface area contributed by atoms with Gasteiger partial charge in [0, 0.05) is 19.1 Å². The van der Waals surface area contributed by atoms with Crippen molar-refractivity contribution in [2.75, 3.05) is 26.7 Å². The van der Waals surface area contributed by atoms with Gasteiger partial charge in [-0.3, -0.25) is 4.79 Å². The van der Waals surface area contributed by atoms with Crippen LogP contribution in [-0.2, 0) is 9.53 Å². The first-order valence-electron chi connectivity index (χ1n) is 6.87. The van der Waals surface area contributed by atoms with Gasteiger partial charge in [-0.05, 0) is 19.4 Å². The first-order chi connectivity index (χ1) is 9.24. The van der Waals surface area contributed by atoms with Crippen LogP contribution in [-0.4, -0.2) is 55.9 Å². The van der Waals surface area contributed by atoms with Gasteiger partial charge in [0.25, 0.3) is 0 Å². The average molecular weight is 296 g/mol. The summed E-state index contributed by atoms with van der Waals surface area (Å²) < 4.78 is 43.0. The number of nitrogens with zero attached hydrogens (tertiary/aromatic N) is 1. The minimum Gasteiger partial charge on any atom is -0.468 e. The van der Waals surface area contributed by atoms with Gasteiger partial charge in [0.05, 0.1) is 13.0 Å². The molecule has 0 spiro atoms. The molecule has 1 fully saturated rings. The molecule has 0 amide bonds. The first-order valence-corrected chi connectivity index (χ1v) is 6.87. The number of likely N-dealkylation sites (tertiary alicyclic amines) is 1. The van der Waals surface area contributed by atoms with E-state index in [1.165, 1.54) is 7.11 Å². The zero-order chi connectivity index (χ0) is 15.3. The minimum atomic E-state index is -4.16. The zero-order valence-electron chi connectivity index (χ0n) is 12.2. The Bertz CT molecular complexity index is 321. The molecule has 1 N–H and O–H groups in total. The lowest BCUT2D eigenvalue weighted by Crippen LogP contribution is -2.52. The maximum Gasteiger partial charge on any atom is 0.393 e. The SMILES string of the molecule is COC(=O)C(CN1CCCC(C(F)(F)F)C1)NC(C)C. The van der Waals surface area contributed by atoms with E-state index in [2.05, 4.69) is 5.32 Å². The van der Waals surface area contributed by atoms with E-state index in [1.54, 1.807) is 4.90 Å². The first kappa shape index (κ1) is 17.2. The van der Waals surface area contributed by atoms with Crippen LogP contribution in [0.5, 0.6) is 0 Å². The van der Waals surface area contributed by atoms with E-state index in [0.29, 0.717) is 13.0 Å². The topological polar surface area (TPSA) is 41.6 Å². The van der Waals surface area contributed by atoms with Gasteiger partial charge in [-0.2, -0.15) is 13.2 Å². The number of alkyl halides is 3. The Balaban J connectivity index is 2.61. The number of halogens is 3. The fourth-order valence-electron chi connectivity index (χ4n) is 2.49. The Morgan fingerprint density at radius 3 is 2.60 bits per heavy atom. The fraction of sp³-hybridized carbons (Fsp3) is 0.923. The third-order valence-corrected chi connectivity index (χ3v) is 3.43. The Morgan fingerprint density at radius 1 is 1.45 bits per heavy atom. The van der Waals surface area contributed by atoms with Crippen molar-refractivity contribution < 1.29 is 22.7 Å². The van der Waals surface area contributed by atoms with Crippen LogP contribution in [0, 0.1) is 5.92 Å². The molecule has 7 heteroatoms. The monoisotopic (exact) mass is 296 g/mol. The number of hydrogen-bond acceptors (Lipinski definition) is 4. The number of rotatable bonds is 5. The highest BCUT2D eigenvalue weighted by atomic mass is 19.4. The molecule has 2 atom stereocenters. The molecule has 4 nitrogen and oxygen atoms in total. The second kappa shape index (κ2) is 7.26. The highest BCUT2D eigenvalue weighted by molar-refractivity contribution is 5.76. The third kappa shape index (κ3) is 5.28. The largest absolute Gasteiger partial charge is 0.468 e. The summed E-state index contributed by atoms with van der Waals surface area (Å²) in [5.41, 5.74) is 0. The molecule has 1 heterocycles. The van der Waals surface area contributed by atoms with Gasteiger partial charge in [-0.15, -0.1) is 0 Å². The van der Waals surface area contributed by atoms with Gasteiger partial charge < -0.3 is 15.0 Å². The maximum absolute atomic E-state index is 12.8. The van der Waals surface area contributed by atoms with Crippen LogP contribution >= 0.6 is 0 Å². The molecule has 0 saturated carbocycles. The Kier molecular flexibility index (Phi) is 6.26. The van der Waals surface area contributed by atoms with Crippen LogP contribution in [0.3, 0.4) is 0 Å². The number of nitrogens with one attached hydrogen (secondary N) is 1. The van der Waals surface area contributed by atoms with Crippen molar-refractivity contribution in [1.29, 1.82) is 0 Å². The molecule has 1 aliphatic heterocycles. The minimum absolute atomic E-state index is 0.0449. The van der Waals surface area contributed by atoms with Crippen molar-refractivity contribution >= 4 is 5.97 Å². The fourth-order valence-corrected chi connectivity index (χ4v) is 2.49. The average Bonchev–Trinajstić information content (AvgIpc) is 2.36. The number of hydrogen-bond donors (Lipinski definition) is 1. The molecular weight excluding hydrogens is 273 g/mol. The quantitative estimate of drug-likeness (QED) is 0.786. The summed E-state index contributed by atoms with van der Waals surface area (Å²) in [6.45, 7) is 4.55. The summed E-state index contributed by atoms with van der Waals surface area (Å²) in [5.74, 6) is -1.73. The van der Waals surface area contributed by atoms with E-state index < -0.39 is 24.1 Å². The van der Waals surface area contributed by atoms with Crippen LogP contribution in [0.1, 0.15) is 26.7 Å². The lowest BCUT2D eigenvalue weighted by molar-refractivity contribution is -0.187. The number of esters is 1. The number of ether oxygens (including phenoxy) is 1. The predicted molar refractivity (Wildman–Crippen MR) is 69.3 cm³/mol. The summed E-state index contributed by atoms with van der Waals surface area (Å²) in [4.78, 5) is 13.4. The number of carbonyl (C=O) groups is 1. The van der Waals surface area contributed by atoms with Crippen LogP contribution in [0.15, 0.2) is 0 Å². The van der Waals surface area contributed by atoms with Crippen LogP contribution < -0.4 is 5.32 Å². The molecule has 1 rings (SSSR count). The molecule has 0 aliphatic carbocycles. The summed E-state index contributed by atoms with van der Waals surface area (Å²) in [5, 5.41) is 3.03. The smallest absolute Gasteiger partial charge is 0.393 e. The molecule has 0 radical (unpaired) electrons. The molecule has 20 heavy (non-hydrogen) atoms. The highest BCUT2D eigenvalue weighted by Crippen LogP contribution is 2.33. The van der Waals surface area contributed by atoms with E-state index in [4.69, 9.17) is 4.74 Å². The molecule has 118 valence electrons. The van der Waals surface area contributed by atoms with Gasteiger partial charge in [0.2, 0.25) is 0 Å². The van der Waals surface area contributed by atoms with Gasteiger partial charge >= 0.3 is 12.1 Å². The molecular formula is C13H23F3N2O2. The van der Waals surface area contributed by atoms with Crippen molar-refractivity contribution in [3.05, 3.63) is 0 Å². The van der Waals surface area contributed by atoms with Crippen molar-refractivity contribution in [2.24, 2.45) is 5.92 Å². The van der Waals surface area contributed by atoms with Crippen molar-refractivity contribution in [2.45, 2.75) is 44.9 Å². The summed E-state index contributed by atoms with van der Waals surface area (Å²) in [7, 11) is 1.28. The molecule has 0 bridgehead atoms. The zero-order valence-corrected chi connectivity index (χ0v) is 12.2. The van der Waals surface area contributed by atoms with Gasteiger partial charge in [0.15, 0.2) is 0 Å². The van der Waals surface area contributed by atoms with E-state index in [9.17, 15) is 18.0 Å². The number of carbonyl (C=O) groups excluding carboxylic acids is 1. The standard InChI is InChI=1S/C13H23F3N2O2/c1-9(2)17-11(12(19)20-3)8-18-6-4-5-10(7-18)13(14,15)16/h9-11,17H,4-8H2,1-3H3. The number of methoxy groups -OCH3 is 1. The molecule has 1 saturated heterocycles. The van der Waals surface area contributed by atoms with Crippen LogP contribution in [0.4, 0.5) is 13.2 Å². The van der Waals surface area contributed by atoms with E-state index in [0.717, 1.165) is 0 Å². The second-order valence-electron chi connectivity index (χ2n) is 5.54. The van der Waals surface area contributed by atoms with Crippen molar-refractivity contribution in [1.82, 2.24) is 10.2 Å². The van der Waals surface area contributed by atoms with E-state index in [1.807, 2.05) is 13.8 Å². The maximum atomic E-state index is 12.8. The van der Waals surface area contributed by atoms with Gasteiger partial charge in [0.1, 0.15) is 6.04 Å². The second-order valence-corrected chi connectivity index (χ2v) is 5.54. The third-order valence-electron chi connectivity index (χ3n) is 3.43. The Morgan fingerprint density at radius 2 is 2.10 bits per heavy atom.